The Balaban J connectivity index is 0.000000302. The maximum atomic E-state index is 5.82. The third-order valence-corrected chi connectivity index (χ3v) is 20.5. The molecular formula is C83H118Cl5CuN3O2Ru2-3. The monoisotopic (exact) mass is 1630 g/mol. The Labute approximate surface area is 624 Å². The fourth-order valence-electron chi connectivity index (χ4n) is 13.8. The van der Waals surface area contributed by atoms with E-state index in [0.29, 0.717) is 0 Å². The van der Waals surface area contributed by atoms with Crippen LogP contribution in [0.4, 0.5) is 17.1 Å². The average Bonchev–Trinajstić information content (AvgIpc) is 1.61. The van der Waals surface area contributed by atoms with Crippen molar-refractivity contribution < 1.29 is 51.6 Å². The molecular weight excluding hydrogens is 1510 g/mol. The van der Waals surface area contributed by atoms with E-state index in [9.17, 15) is 0 Å². The summed E-state index contributed by atoms with van der Waals surface area (Å²) in [6.45, 7) is 59.2. The van der Waals surface area contributed by atoms with Crippen LogP contribution in [0.1, 0.15) is 229 Å². The van der Waals surface area contributed by atoms with Gasteiger partial charge in [-0.05, 0) is 140 Å². The Morgan fingerprint density at radius 3 is 0.927 bits per heavy atom. The Hall–Kier alpha value is -2.98. The Bertz CT molecular complexity index is 3110. The van der Waals surface area contributed by atoms with E-state index >= 15 is 0 Å². The van der Waals surface area contributed by atoms with Crippen LogP contribution in [0.25, 0.3) is 6.08 Å². The van der Waals surface area contributed by atoms with Crippen molar-refractivity contribution in [2.45, 2.75) is 246 Å². The van der Waals surface area contributed by atoms with Gasteiger partial charge in [0.05, 0.1) is 6.10 Å². The van der Waals surface area contributed by atoms with E-state index in [2.05, 4.69) is 251 Å². The van der Waals surface area contributed by atoms with Gasteiger partial charge >= 0.3 is 196 Å². The molecule has 0 radical (unpaired) electrons. The normalized spacial score (nSPS) is 16.7. The summed E-state index contributed by atoms with van der Waals surface area (Å²) in [5.41, 5.74) is 18.0. The van der Waals surface area contributed by atoms with Gasteiger partial charge in [-0.25, -0.2) is 19.6 Å². The van der Waals surface area contributed by atoms with E-state index in [-0.39, 0.29) is 45.1 Å². The van der Waals surface area contributed by atoms with Crippen molar-refractivity contribution in [2.24, 2.45) is 16.2 Å². The first-order chi connectivity index (χ1) is 45.0. The molecule has 0 atom stereocenters. The quantitative estimate of drug-likeness (QED) is 0.0711. The third-order valence-electron chi connectivity index (χ3n) is 16.8. The number of benzene rings is 6. The summed E-state index contributed by atoms with van der Waals surface area (Å²) in [5.74, 6) is 1.80. The van der Waals surface area contributed by atoms with Gasteiger partial charge in [-0.3, -0.25) is 0 Å². The van der Waals surface area contributed by atoms with Crippen LogP contribution in [0.3, 0.4) is 0 Å². The molecule has 13 heteroatoms. The van der Waals surface area contributed by atoms with Gasteiger partial charge < -0.3 is 19.4 Å². The molecule has 0 aliphatic carbocycles. The fraction of sp³-hybridized carbons (Fsp3) is 0.482. The second kappa shape index (κ2) is 41.2. The first kappa shape index (κ1) is 87.2. The van der Waals surface area contributed by atoms with Gasteiger partial charge in [0.2, 0.25) is 0 Å². The zero-order valence-electron chi connectivity index (χ0n) is 62.3. The van der Waals surface area contributed by atoms with Crippen LogP contribution in [-0.4, -0.2) is 38.0 Å². The second-order valence-electron chi connectivity index (χ2n) is 29.3. The van der Waals surface area contributed by atoms with Crippen molar-refractivity contribution in [2.75, 3.05) is 14.7 Å². The van der Waals surface area contributed by atoms with E-state index in [4.69, 9.17) is 48.2 Å². The number of para-hydroxylation sites is 5. The van der Waals surface area contributed by atoms with E-state index in [1.807, 2.05) is 123 Å². The SMILES string of the molecule is C/C=C/c1ccccc1OC(C)C.CC(C)Oc1ccccc1[CH]=[Ru]([Cl])[Cl].CCc1cccc(CC)c1N1[CH-]C(C)(C)CC1(C)C.CCc1cccc(CC)c1N1[CH-]C(C)(C)CC1(C)C.CCc1cccc(CC)c1N1[CH-]C(C)(C)CC1(C)C.[Cl][Cu].[Cl][Ru]([Cl])=[CH]c1ccccc1. The number of hydrogen-bond donors (Lipinski definition) is 0. The number of hydrogen-bond acceptors (Lipinski definition) is 5. The average molecular weight is 1630 g/mol. The minimum absolute atomic E-state index is 0.163. The molecule has 9 rings (SSSR count). The number of ether oxygens (including phenoxy) is 2. The number of halogens is 5. The molecule has 6 aromatic carbocycles. The molecule has 3 aliphatic rings. The maximum absolute atomic E-state index is 5.82. The molecule has 0 unspecified atom stereocenters. The summed E-state index contributed by atoms with van der Waals surface area (Å²) >= 11 is 0.275. The van der Waals surface area contributed by atoms with Crippen LogP contribution in [0, 0.1) is 35.9 Å². The zero-order chi connectivity index (χ0) is 72.4. The van der Waals surface area contributed by atoms with Crippen LogP contribution >= 0.6 is 48.9 Å². The van der Waals surface area contributed by atoms with E-state index in [1.165, 1.54) is 69.7 Å². The van der Waals surface area contributed by atoms with Gasteiger partial charge in [-0.2, -0.15) is 0 Å². The van der Waals surface area contributed by atoms with Crippen LogP contribution < -0.4 is 24.2 Å². The molecule has 3 saturated heterocycles. The molecule has 0 saturated carbocycles. The third kappa shape index (κ3) is 27.8. The number of rotatable bonds is 16. The van der Waals surface area contributed by atoms with E-state index < -0.39 is 27.0 Å². The fourth-order valence-corrected chi connectivity index (χ4v) is 17.4. The van der Waals surface area contributed by atoms with E-state index in [0.717, 1.165) is 66.7 Å². The van der Waals surface area contributed by atoms with E-state index in [1.54, 1.807) is 0 Å². The molecule has 6 aromatic rings. The molecule has 0 amide bonds. The van der Waals surface area contributed by atoms with Crippen LogP contribution in [0.15, 0.2) is 140 Å². The number of allylic oxidation sites excluding steroid dienone is 1. The summed E-state index contributed by atoms with van der Waals surface area (Å²) in [6, 6.07) is 46.0. The summed E-state index contributed by atoms with van der Waals surface area (Å²) in [5, 5.41) is 0. The molecule has 0 aromatic heterocycles. The predicted octanol–water partition coefficient (Wildman–Crippen LogP) is 25.5. The van der Waals surface area contributed by atoms with Gasteiger partial charge in [-0.15, -0.1) is 16.2 Å². The molecule has 96 heavy (non-hydrogen) atoms. The number of nitrogens with zero attached hydrogens (tertiary/aromatic N) is 3. The molecule has 3 fully saturated rings. The summed E-state index contributed by atoms with van der Waals surface area (Å²) in [4.78, 5) is 7.64. The molecule has 5 nitrogen and oxygen atoms in total. The molecule has 0 spiro atoms. The van der Waals surface area contributed by atoms with Gasteiger partial charge in [0.15, 0.2) is 0 Å². The van der Waals surface area contributed by atoms with Crippen molar-refractivity contribution in [1.29, 1.82) is 0 Å². The standard InChI is InChI=1S/3C18H28N.C12H16O.C10H12O.C7H6.5ClH.Cu.2Ru/c3*1-7-14-10-9-11-15(8-2)16(14)19-13-17(3,4)12-18(19,5)6;1-4-7-11-8-5-6-9-12(11)13-10(2)3;1-8(2)11-10-7-5-4-6-9(10)3;1-7-5-3-2-4-6-7;;;;;;;;/h3*9-11,13H,7-8,12H2,1-6H3;4-10H,1-3H3;3-8H,1-2H3;1-6H;5*1H;;;/q3*-1;;;;;;;;;+1;2*+2/p-5/b;;;7-4+;;;;;;;;;;. The van der Waals surface area contributed by atoms with Crippen LogP contribution in [0.2, 0.25) is 0 Å². The molecule has 0 bridgehead atoms. The predicted molar refractivity (Wildman–Crippen MR) is 419 cm³/mol. The van der Waals surface area contributed by atoms with Crippen molar-refractivity contribution >= 4 is 81.2 Å². The summed E-state index contributed by atoms with van der Waals surface area (Å²) < 4.78 is 15.1. The zero-order valence-corrected chi connectivity index (χ0v) is 70.5. The van der Waals surface area contributed by atoms with Crippen LogP contribution in [-0.2, 0) is 80.7 Å². The van der Waals surface area contributed by atoms with Crippen molar-refractivity contribution in [3.05, 3.63) is 209 Å². The first-order valence-corrected chi connectivity index (χ1v) is 46.5. The van der Waals surface area contributed by atoms with Gasteiger partial charge in [0, 0.05) is 39.2 Å². The molecule has 3 heterocycles. The first-order valence-electron chi connectivity index (χ1n) is 34.3. The van der Waals surface area contributed by atoms with Crippen molar-refractivity contribution in [3.63, 3.8) is 0 Å². The molecule has 3 aliphatic heterocycles. The molecule has 0 N–H and O–H groups in total. The number of aryl methyl sites for hydroxylation is 6. The summed E-state index contributed by atoms with van der Waals surface area (Å²) in [7, 11) is 27.2. The number of anilines is 3. The molecule has 542 valence electrons. The van der Waals surface area contributed by atoms with Gasteiger partial charge in [0.1, 0.15) is 5.75 Å². The van der Waals surface area contributed by atoms with Gasteiger partial charge in [0.25, 0.3) is 0 Å². The minimum atomic E-state index is -1.77. The Morgan fingerprint density at radius 2 is 0.677 bits per heavy atom. The topological polar surface area (TPSA) is 28.2 Å². The van der Waals surface area contributed by atoms with Crippen molar-refractivity contribution in [1.82, 2.24) is 0 Å². The Morgan fingerprint density at radius 1 is 0.406 bits per heavy atom. The second-order valence-corrected chi connectivity index (χ2v) is 40.7. The van der Waals surface area contributed by atoms with Gasteiger partial charge in [-0.1, -0.05) is 187 Å². The van der Waals surface area contributed by atoms with Crippen molar-refractivity contribution in [3.8, 4) is 11.5 Å². The summed E-state index contributed by atoms with van der Waals surface area (Å²) in [6.07, 6.45) is 14.7. The Kier molecular flexibility index (Phi) is 37.4. The van der Waals surface area contributed by atoms with Crippen LogP contribution in [0.5, 0.6) is 11.5 Å².